The Hall–Kier alpha value is -2.54. The first kappa shape index (κ1) is 13.1. The fourth-order valence-corrected chi connectivity index (χ4v) is 3.75. The maximum absolute atomic E-state index is 12.6. The van der Waals surface area contributed by atoms with E-state index in [1.54, 1.807) is 18.4 Å². The van der Waals surface area contributed by atoms with Gasteiger partial charge >= 0.3 is 0 Å². The number of hydrogen-bond donors (Lipinski definition) is 0. The van der Waals surface area contributed by atoms with Crippen molar-refractivity contribution in [3.63, 3.8) is 0 Å². The van der Waals surface area contributed by atoms with Gasteiger partial charge in [0.05, 0.1) is 6.26 Å². The summed E-state index contributed by atoms with van der Waals surface area (Å²) in [5, 5.41) is 9.20. The third-order valence-electron chi connectivity index (χ3n) is 3.53. The zero-order chi connectivity index (χ0) is 15.3. The number of aryl methyl sites for hydroxylation is 2. The number of hydrogen-bond acceptors (Lipinski definition) is 6. The van der Waals surface area contributed by atoms with Crippen molar-refractivity contribution in [2.24, 2.45) is 0 Å². The van der Waals surface area contributed by atoms with Gasteiger partial charge in [-0.2, -0.15) is 0 Å². The third kappa shape index (κ3) is 1.93. The largest absolute Gasteiger partial charge is 0.467 e. The molecule has 0 aliphatic rings. The Labute approximate surface area is 129 Å². The molecule has 4 aromatic heterocycles. The highest BCUT2D eigenvalue weighted by atomic mass is 32.1. The second-order valence-electron chi connectivity index (χ2n) is 5.17. The molecule has 0 aliphatic carbocycles. The first-order valence-electron chi connectivity index (χ1n) is 6.80. The Morgan fingerprint density at radius 3 is 3.00 bits per heavy atom. The van der Waals surface area contributed by atoms with Gasteiger partial charge in [0.1, 0.15) is 27.4 Å². The van der Waals surface area contributed by atoms with Gasteiger partial charge in [0.15, 0.2) is 0 Å². The second kappa shape index (κ2) is 4.74. The summed E-state index contributed by atoms with van der Waals surface area (Å²) in [5.41, 5.74) is 2.46. The number of rotatable bonds is 2. The van der Waals surface area contributed by atoms with Crippen molar-refractivity contribution in [1.29, 1.82) is 0 Å². The summed E-state index contributed by atoms with van der Waals surface area (Å²) in [6, 6.07) is 5.57. The van der Waals surface area contributed by atoms with Crippen LogP contribution in [-0.2, 0) is 6.54 Å². The van der Waals surface area contributed by atoms with Gasteiger partial charge in [0.2, 0.25) is 0 Å². The monoisotopic (exact) mass is 312 g/mol. The summed E-state index contributed by atoms with van der Waals surface area (Å²) in [6.45, 7) is 4.21. The molecule has 4 heterocycles. The van der Waals surface area contributed by atoms with E-state index in [9.17, 15) is 4.79 Å². The van der Waals surface area contributed by atoms with E-state index in [1.165, 1.54) is 16.0 Å². The molecule has 0 amide bonds. The molecule has 0 spiro atoms. The first-order chi connectivity index (χ1) is 10.6. The van der Waals surface area contributed by atoms with Crippen LogP contribution in [0.5, 0.6) is 0 Å². The van der Waals surface area contributed by atoms with Gasteiger partial charge in [0.25, 0.3) is 5.56 Å². The van der Waals surface area contributed by atoms with Crippen molar-refractivity contribution >= 4 is 31.8 Å². The lowest BCUT2D eigenvalue weighted by Crippen LogP contribution is -2.23. The minimum absolute atomic E-state index is 0.165. The Balaban J connectivity index is 1.97. The molecule has 0 fully saturated rings. The standard InChI is InChI=1S/C15H12N4O2S/c1-8-6-9(2)16-14-11(8)12-13(22-14)15(20)19(18-17-12)7-10-4-3-5-21-10/h3-6H,7H2,1-2H3. The van der Waals surface area contributed by atoms with Gasteiger partial charge < -0.3 is 4.42 Å². The van der Waals surface area contributed by atoms with E-state index < -0.39 is 0 Å². The summed E-state index contributed by atoms with van der Waals surface area (Å²) in [5.74, 6) is 0.669. The average molecular weight is 312 g/mol. The van der Waals surface area contributed by atoms with E-state index in [4.69, 9.17) is 4.42 Å². The molecule has 0 radical (unpaired) electrons. The van der Waals surface area contributed by atoms with Crippen molar-refractivity contribution in [2.75, 3.05) is 0 Å². The van der Waals surface area contributed by atoms with Crippen LogP contribution in [0.1, 0.15) is 17.0 Å². The average Bonchev–Trinajstić information content (AvgIpc) is 3.09. The van der Waals surface area contributed by atoms with E-state index in [2.05, 4.69) is 15.3 Å². The zero-order valence-corrected chi connectivity index (χ0v) is 12.8. The summed E-state index contributed by atoms with van der Waals surface area (Å²) >= 11 is 1.37. The molecule has 0 unspecified atom stereocenters. The fourth-order valence-electron chi connectivity index (χ4n) is 2.57. The molecule has 0 atom stereocenters. The molecule has 0 saturated carbocycles. The minimum Gasteiger partial charge on any atom is -0.467 e. The van der Waals surface area contributed by atoms with Crippen LogP contribution in [0.4, 0.5) is 0 Å². The van der Waals surface area contributed by atoms with Crippen LogP contribution in [0, 0.1) is 13.8 Å². The number of aromatic nitrogens is 4. The molecule has 110 valence electrons. The minimum atomic E-state index is -0.165. The fraction of sp³-hybridized carbons (Fsp3) is 0.200. The number of fused-ring (bicyclic) bond motifs is 3. The number of pyridine rings is 1. The molecule has 22 heavy (non-hydrogen) atoms. The number of furan rings is 1. The summed E-state index contributed by atoms with van der Waals surface area (Å²) in [6.07, 6.45) is 1.57. The maximum atomic E-state index is 12.6. The van der Waals surface area contributed by atoms with E-state index in [-0.39, 0.29) is 12.1 Å². The number of nitrogens with zero attached hydrogens (tertiary/aromatic N) is 4. The summed E-state index contributed by atoms with van der Waals surface area (Å²) < 4.78 is 7.16. The smallest absolute Gasteiger partial charge is 0.288 e. The van der Waals surface area contributed by atoms with Gasteiger partial charge in [-0.05, 0) is 37.6 Å². The molecule has 4 aromatic rings. The second-order valence-corrected chi connectivity index (χ2v) is 6.17. The lowest BCUT2D eigenvalue weighted by atomic mass is 10.1. The highest BCUT2D eigenvalue weighted by Gasteiger charge is 2.16. The highest BCUT2D eigenvalue weighted by molar-refractivity contribution is 7.25. The van der Waals surface area contributed by atoms with Crippen LogP contribution in [0.2, 0.25) is 0 Å². The molecule has 0 saturated heterocycles. The molecular formula is C15H12N4O2S. The van der Waals surface area contributed by atoms with Crippen LogP contribution < -0.4 is 5.56 Å². The van der Waals surface area contributed by atoms with Gasteiger partial charge in [0, 0.05) is 11.1 Å². The third-order valence-corrected chi connectivity index (χ3v) is 4.59. The molecule has 0 bridgehead atoms. The molecule has 0 aromatic carbocycles. The molecule has 4 rings (SSSR count). The number of thiophene rings is 1. The molecular weight excluding hydrogens is 300 g/mol. The predicted octanol–water partition coefficient (Wildman–Crippen LogP) is 2.66. The van der Waals surface area contributed by atoms with Gasteiger partial charge in [-0.3, -0.25) is 4.79 Å². The van der Waals surface area contributed by atoms with Gasteiger partial charge in [-0.25, -0.2) is 9.67 Å². The molecule has 6 nitrogen and oxygen atoms in total. The topological polar surface area (TPSA) is 73.8 Å². The van der Waals surface area contributed by atoms with Crippen LogP contribution >= 0.6 is 11.3 Å². The Morgan fingerprint density at radius 2 is 2.23 bits per heavy atom. The van der Waals surface area contributed by atoms with Crippen LogP contribution in [0.3, 0.4) is 0 Å². The van der Waals surface area contributed by atoms with E-state index in [0.29, 0.717) is 16.0 Å². The lowest BCUT2D eigenvalue weighted by Gasteiger charge is -2.01. The molecule has 0 N–H and O–H groups in total. The van der Waals surface area contributed by atoms with Crippen LogP contribution in [-0.4, -0.2) is 20.0 Å². The summed E-state index contributed by atoms with van der Waals surface area (Å²) in [7, 11) is 0. The first-order valence-corrected chi connectivity index (χ1v) is 7.62. The van der Waals surface area contributed by atoms with Crippen molar-refractivity contribution in [3.05, 3.63) is 51.8 Å². The Morgan fingerprint density at radius 1 is 1.36 bits per heavy atom. The zero-order valence-electron chi connectivity index (χ0n) is 12.0. The predicted molar refractivity (Wildman–Crippen MR) is 84.3 cm³/mol. The van der Waals surface area contributed by atoms with E-state index in [1.807, 2.05) is 19.9 Å². The molecule has 0 aliphatic heterocycles. The van der Waals surface area contributed by atoms with Gasteiger partial charge in [-0.15, -0.1) is 16.4 Å². The van der Waals surface area contributed by atoms with Crippen LogP contribution in [0.25, 0.3) is 20.4 Å². The Kier molecular flexibility index (Phi) is 2.83. The Bertz CT molecular complexity index is 1050. The van der Waals surface area contributed by atoms with E-state index >= 15 is 0 Å². The SMILES string of the molecule is Cc1cc(C)c2c(n1)sc1c(=O)n(Cc3ccco3)nnc12. The lowest BCUT2D eigenvalue weighted by molar-refractivity contribution is 0.465. The van der Waals surface area contributed by atoms with Crippen molar-refractivity contribution < 1.29 is 4.42 Å². The quantitative estimate of drug-likeness (QED) is 0.569. The summed E-state index contributed by atoms with van der Waals surface area (Å²) in [4.78, 5) is 18.0. The highest BCUT2D eigenvalue weighted by Crippen LogP contribution is 2.31. The normalized spacial score (nSPS) is 11.5. The van der Waals surface area contributed by atoms with Crippen molar-refractivity contribution in [2.45, 2.75) is 20.4 Å². The van der Waals surface area contributed by atoms with Gasteiger partial charge in [-0.1, -0.05) is 5.21 Å². The molecule has 7 heteroatoms. The van der Waals surface area contributed by atoms with E-state index in [0.717, 1.165) is 21.5 Å². The maximum Gasteiger partial charge on any atom is 0.288 e. The van der Waals surface area contributed by atoms with Crippen LogP contribution in [0.15, 0.2) is 33.7 Å². The van der Waals surface area contributed by atoms with Crippen molar-refractivity contribution in [1.82, 2.24) is 20.0 Å². The van der Waals surface area contributed by atoms with Crippen molar-refractivity contribution in [3.8, 4) is 0 Å².